The Labute approximate surface area is 145 Å². The van der Waals surface area contributed by atoms with Gasteiger partial charge in [0.2, 0.25) is 0 Å². The lowest BCUT2D eigenvalue weighted by atomic mass is 9.83. The monoisotopic (exact) mass is 340 g/mol. The lowest BCUT2D eigenvalue weighted by Gasteiger charge is -2.32. The van der Waals surface area contributed by atoms with E-state index in [0.717, 1.165) is 24.6 Å². The van der Waals surface area contributed by atoms with Gasteiger partial charge in [-0.25, -0.2) is 4.79 Å². The predicted octanol–water partition coefficient (Wildman–Crippen LogP) is 2.90. The number of hydrogen-bond donors (Lipinski definition) is 1. The van der Waals surface area contributed by atoms with E-state index in [9.17, 15) is 14.9 Å². The maximum absolute atomic E-state index is 12.4. The SMILES string of the molecule is CC(Oc1ccc2ccc(=O)oc2c1)C(=O)NC1(C#N)CCCCC1. The van der Waals surface area contributed by atoms with E-state index in [1.54, 1.807) is 31.2 Å². The van der Waals surface area contributed by atoms with Gasteiger partial charge in [0.05, 0.1) is 6.07 Å². The van der Waals surface area contributed by atoms with Crippen molar-refractivity contribution < 1.29 is 13.9 Å². The van der Waals surface area contributed by atoms with Crippen molar-refractivity contribution in [3.8, 4) is 11.8 Å². The summed E-state index contributed by atoms with van der Waals surface area (Å²) in [6.07, 6.45) is 3.54. The first-order chi connectivity index (χ1) is 12.0. The van der Waals surface area contributed by atoms with Crippen molar-refractivity contribution in [3.63, 3.8) is 0 Å². The van der Waals surface area contributed by atoms with Crippen molar-refractivity contribution in [3.05, 3.63) is 40.8 Å². The number of carbonyl (C=O) groups excluding carboxylic acids is 1. The minimum Gasteiger partial charge on any atom is -0.481 e. The van der Waals surface area contributed by atoms with Gasteiger partial charge in [-0.05, 0) is 38.0 Å². The number of hydrogen-bond acceptors (Lipinski definition) is 5. The molecule has 1 aliphatic rings. The van der Waals surface area contributed by atoms with E-state index in [1.165, 1.54) is 6.07 Å². The molecule has 1 unspecified atom stereocenters. The smallest absolute Gasteiger partial charge is 0.336 e. The van der Waals surface area contributed by atoms with Crippen LogP contribution in [-0.4, -0.2) is 17.6 Å². The van der Waals surface area contributed by atoms with Crippen LogP contribution in [0.5, 0.6) is 5.75 Å². The fourth-order valence-electron chi connectivity index (χ4n) is 3.13. The van der Waals surface area contributed by atoms with E-state index in [1.807, 2.05) is 0 Å². The number of carbonyl (C=O) groups is 1. The summed E-state index contributed by atoms with van der Waals surface area (Å²) in [6, 6.07) is 10.3. The molecule has 1 N–H and O–H groups in total. The third kappa shape index (κ3) is 3.82. The lowest BCUT2D eigenvalue weighted by Crippen LogP contribution is -2.52. The Hall–Kier alpha value is -2.81. The fourth-order valence-corrected chi connectivity index (χ4v) is 3.13. The highest BCUT2D eigenvalue weighted by Gasteiger charge is 2.35. The third-order valence-corrected chi connectivity index (χ3v) is 4.56. The quantitative estimate of drug-likeness (QED) is 0.864. The second kappa shape index (κ2) is 6.98. The van der Waals surface area contributed by atoms with Crippen LogP contribution in [0.3, 0.4) is 0 Å². The molecule has 130 valence electrons. The van der Waals surface area contributed by atoms with Gasteiger partial charge >= 0.3 is 5.63 Å². The van der Waals surface area contributed by atoms with Gasteiger partial charge in [0.25, 0.3) is 5.91 Å². The Bertz CT molecular complexity index is 875. The van der Waals surface area contributed by atoms with Crippen molar-refractivity contribution >= 4 is 16.9 Å². The number of nitrogens with zero attached hydrogens (tertiary/aromatic N) is 1. The van der Waals surface area contributed by atoms with E-state index in [-0.39, 0.29) is 5.91 Å². The molecule has 0 spiro atoms. The minimum atomic E-state index is -0.789. The molecule has 1 aromatic heterocycles. The van der Waals surface area contributed by atoms with Crippen molar-refractivity contribution in [1.82, 2.24) is 5.32 Å². The van der Waals surface area contributed by atoms with Crippen molar-refractivity contribution in [2.45, 2.75) is 50.7 Å². The summed E-state index contributed by atoms with van der Waals surface area (Å²) in [5.41, 5.74) is -0.828. The molecule has 0 bridgehead atoms. The highest BCUT2D eigenvalue weighted by atomic mass is 16.5. The van der Waals surface area contributed by atoms with E-state index in [2.05, 4.69) is 11.4 Å². The molecule has 1 aromatic carbocycles. The molecule has 6 heteroatoms. The Kier molecular flexibility index (Phi) is 4.75. The fraction of sp³-hybridized carbons (Fsp3) is 0.421. The van der Waals surface area contributed by atoms with Crippen LogP contribution in [-0.2, 0) is 4.79 Å². The van der Waals surface area contributed by atoms with Crippen molar-refractivity contribution in [2.24, 2.45) is 0 Å². The first-order valence-corrected chi connectivity index (χ1v) is 8.45. The molecule has 1 saturated carbocycles. The summed E-state index contributed by atoms with van der Waals surface area (Å²) in [5.74, 6) is 0.109. The molecular formula is C19H20N2O4. The standard InChI is InChI=1S/C19H20N2O4/c1-13(18(23)21-19(12-20)9-3-2-4-10-19)24-15-7-5-14-6-8-17(22)25-16(14)11-15/h5-8,11,13H,2-4,9-10H2,1H3,(H,21,23). The number of rotatable bonds is 4. The molecule has 3 rings (SSSR count). The zero-order valence-electron chi connectivity index (χ0n) is 14.1. The highest BCUT2D eigenvalue weighted by Crippen LogP contribution is 2.28. The van der Waals surface area contributed by atoms with Gasteiger partial charge in [0.1, 0.15) is 16.9 Å². The number of nitrogens with one attached hydrogen (secondary N) is 1. The van der Waals surface area contributed by atoms with Crippen LogP contribution in [0, 0.1) is 11.3 Å². The Balaban J connectivity index is 1.71. The Morgan fingerprint density at radius 2 is 2.00 bits per heavy atom. The molecule has 6 nitrogen and oxygen atoms in total. The predicted molar refractivity (Wildman–Crippen MR) is 92.1 cm³/mol. The first-order valence-electron chi connectivity index (χ1n) is 8.45. The largest absolute Gasteiger partial charge is 0.481 e. The molecule has 1 atom stereocenters. The maximum atomic E-state index is 12.4. The Morgan fingerprint density at radius 1 is 1.28 bits per heavy atom. The molecule has 25 heavy (non-hydrogen) atoms. The van der Waals surface area contributed by atoms with Gasteiger partial charge in [-0.1, -0.05) is 19.3 Å². The van der Waals surface area contributed by atoms with E-state index >= 15 is 0 Å². The zero-order chi connectivity index (χ0) is 17.9. The molecule has 2 aromatic rings. The highest BCUT2D eigenvalue weighted by molar-refractivity contribution is 5.82. The molecule has 0 aliphatic heterocycles. The van der Waals surface area contributed by atoms with Crippen LogP contribution < -0.4 is 15.7 Å². The molecule has 1 heterocycles. The number of fused-ring (bicyclic) bond motifs is 1. The molecular weight excluding hydrogens is 320 g/mol. The topological polar surface area (TPSA) is 92.3 Å². The van der Waals surface area contributed by atoms with Gasteiger partial charge in [0, 0.05) is 17.5 Å². The normalized spacial score (nSPS) is 17.4. The van der Waals surface area contributed by atoms with Crippen LogP contribution in [0.2, 0.25) is 0 Å². The zero-order valence-corrected chi connectivity index (χ0v) is 14.1. The van der Waals surface area contributed by atoms with E-state index < -0.39 is 17.3 Å². The van der Waals surface area contributed by atoms with E-state index in [4.69, 9.17) is 9.15 Å². The molecule has 1 amide bonds. The summed E-state index contributed by atoms with van der Waals surface area (Å²) >= 11 is 0. The molecule has 1 fully saturated rings. The second-order valence-electron chi connectivity index (χ2n) is 6.46. The van der Waals surface area contributed by atoms with Gasteiger partial charge < -0.3 is 14.5 Å². The summed E-state index contributed by atoms with van der Waals surface area (Å²) in [6.45, 7) is 1.63. The molecule has 0 saturated heterocycles. The summed E-state index contributed by atoms with van der Waals surface area (Å²) in [5, 5.41) is 13.1. The van der Waals surface area contributed by atoms with Crippen LogP contribution >= 0.6 is 0 Å². The number of nitriles is 1. The average Bonchev–Trinajstić information content (AvgIpc) is 2.62. The number of benzene rings is 1. The second-order valence-corrected chi connectivity index (χ2v) is 6.46. The minimum absolute atomic E-state index is 0.321. The first kappa shape index (κ1) is 17.0. The van der Waals surface area contributed by atoms with Crippen LogP contribution in [0.15, 0.2) is 39.5 Å². The van der Waals surface area contributed by atoms with Gasteiger partial charge in [-0.15, -0.1) is 0 Å². The van der Waals surface area contributed by atoms with Crippen LogP contribution in [0.4, 0.5) is 0 Å². The van der Waals surface area contributed by atoms with E-state index in [0.29, 0.717) is 24.2 Å². The average molecular weight is 340 g/mol. The summed E-state index contributed by atoms with van der Waals surface area (Å²) in [4.78, 5) is 23.7. The number of ether oxygens (including phenoxy) is 1. The summed E-state index contributed by atoms with van der Waals surface area (Å²) < 4.78 is 10.8. The molecule has 0 radical (unpaired) electrons. The van der Waals surface area contributed by atoms with Gasteiger partial charge in [-0.2, -0.15) is 5.26 Å². The molecule has 1 aliphatic carbocycles. The third-order valence-electron chi connectivity index (χ3n) is 4.56. The maximum Gasteiger partial charge on any atom is 0.336 e. The summed E-state index contributed by atoms with van der Waals surface area (Å²) in [7, 11) is 0. The van der Waals surface area contributed by atoms with Gasteiger partial charge in [-0.3, -0.25) is 4.79 Å². The van der Waals surface area contributed by atoms with Crippen molar-refractivity contribution in [2.75, 3.05) is 0 Å². The lowest BCUT2D eigenvalue weighted by molar-refractivity contribution is -0.129. The van der Waals surface area contributed by atoms with Gasteiger partial charge in [0.15, 0.2) is 6.10 Å². The van der Waals surface area contributed by atoms with Crippen LogP contribution in [0.25, 0.3) is 11.0 Å². The Morgan fingerprint density at radius 3 is 2.72 bits per heavy atom. The number of amides is 1. The van der Waals surface area contributed by atoms with Crippen LogP contribution in [0.1, 0.15) is 39.0 Å². The van der Waals surface area contributed by atoms with Crippen molar-refractivity contribution in [1.29, 1.82) is 5.26 Å².